The van der Waals surface area contributed by atoms with Gasteiger partial charge in [-0.3, -0.25) is 29.1 Å². The van der Waals surface area contributed by atoms with Crippen LogP contribution in [0.1, 0.15) is 32.7 Å². The second-order valence-corrected chi connectivity index (χ2v) is 16.5. The molecule has 0 aliphatic rings. The summed E-state index contributed by atoms with van der Waals surface area (Å²) in [4.78, 5) is 51.9. The number of halogens is 2. The van der Waals surface area contributed by atoms with Crippen LogP contribution in [0.5, 0.6) is 11.5 Å². The Morgan fingerprint density at radius 2 is 1.54 bits per heavy atom. The van der Waals surface area contributed by atoms with Crippen molar-refractivity contribution in [1.82, 2.24) is 14.6 Å². The first-order chi connectivity index (χ1) is 29.2. The van der Waals surface area contributed by atoms with Crippen molar-refractivity contribution in [2.45, 2.75) is 37.3 Å². The maximum Gasteiger partial charge on any atom is 0.289 e. The van der Waals surface area contributed by atoms with E-state index in [0.717, 1.165) is 34.5 Å². The number of aromatic nitrogens is 1. The number of rotatable bonds is 14. The van der Waals surface area contributed by atoms with Gasteiger partial charge in [0.15, 0.2) is 0 Å². The Balaban J connectivity index is 1.16. The summed E-state index contributed by atoms with van der Waals surface area (Å²) >= 11 is 12.0. The number of benzene rings is 6. The minimum Gasteiger partial charge on any atom is -0.497 e. The Morgan fingerprint density at radius 3 is 2.26 bits per heavy atom. The Morgan fingerprint density at radius 1 is 0.836 bits per heavy atom. The van der Waals surface area contributed by atoms with Crippen molar-refractivity contribution in [3.05, 3.63) is 176 Å². The molecule has 0 radical (unpaired) electrons. The standard InChI is InChI=1S/C45H36Cl2N4O9S/c1-27-37(38-23-34(59-2)18-21-41(38)50(27)45(54)30-12-14-32(46)15-13-30)25-43(52)48-40(44(53)49-61(57,58)35-19-20-39(47)42(24-35)51(55)56)22-28-10-16-33(17-11-28)60-26-31-8-5-7-29-6-3-4-9-36(29)31/h3-21,23-24,40H,22,25-26H2,1-2H3,(H,48,52)(H,49,53)/t40-/m0/s1. The second kappa shape index (κ2) is 17.9. The van der Waals surface area contributed by atoms with Crippen molar-refractivity contribution in [3.63, 3.8) is 0 Å². The molecule has 2 N–H and O–H groups in total. The smallest absolute Gasteiger partial charge is 0.289 e. The quantitative estimate of drug-likeness (QED) is 0.0803. The van der Waals surface area contributed by atoms with E-state index in [-0.39, 0.29) is 30.4 Å². The number of carbonyl (C=O) groups excluding carboxylic acids is 3. The van der Waals surface area contributed by atoms with E-state index in [1.807, 2.05) is 47.2 Å². The highest BCUT2D eigenvalue weighted by atomic mass is 35.5. The highest BCUT2D eigenvalue weighted by molar-refractivity contribution is 7.90. The first kappa shape index (κ1) is 42.4. The number of hydrogen-bond acceptors (Lipinski definition) is 9. The van der Waals surface area contributed by atoms with Gasteiger partial charge in [0, 0.05) is 34.2 Å². The number of nitrogens with one attached hydrogen (secondary N) is 2. The van der Waals surface area contributed by atoms with Crippen LogP contribution in [0.3, 0.4) is 0 Å². The Bertz CT molecular complexity index is 2950. The molecule has 7 rings (SSSR count). The van der Waals surface area contributed by atoms with Gasteiger partial charge in [0.05, 0.1) is 28.9 Å². The summed E-state index contributed by atoms with van der Waals surface area (Å²) in [5.74, 6) is -1.14. The molecule has 16 heteroatoms. The fourth-order valence-electron chi connectivity index (χ4n) is 7.01. The third-order valence-electron chi connectivity index (χ3n) is 10.1. The van der Waals surface area contributed by atoms with Crippen molar-refractivity contribution in [2.75, 3.05) is 7.11 Å². The normalized spacial score (nSPS) is 11.9. The zero-order valence-corrected chi connectivity index (χ0v) is 34.9. The summed E-state index contributed by atoms with van der Waals surface area (Å²) in [7, 11) is -3.21. The minimum atomic E-state index is -4.70. The lowest BCUT2D eigenvalue weighted by Gasteiger charge is -2.19. The van der Waals surface area contributed by atoms with Gasteiger partial charge in [0.2, 0.25) is 5.91 Å². The number of carbonyl (C=O) groups is 3. The van der Waals surface area contributed by atoms with E-state index in [1.54, 1.807) is 73.7 Å². The third kappa shape index (κ3) is 9.36. The van der Waals surface area contributed by atoms with Crippen molar-refractivity contribution in [2.24, 2.45) is 0 Å². The second-order valence-electron chi connectivity index (χ2n) is 14.0. The molecule has 0 aliphatic carbocycles. The molecule has 310 valence electrons. The van der Waals surface area contributed by atoms with E-state index in [4.69, 9.17) is 32.7 Å². The van der Waals surface area contributed by atoms with Gasteiger partial charge in [0.1, 0.15) is 29.2 Å². The molecule has 7 aromatic rings. The molecule has 0 unspecified atom stereocenters. The molecule has 0 fully saturated rings. The van der Waals surface area contributed by atoms with Gasteiger partial charge in [-0.1, -0.05) is 77.8 Å². The number of nitro groups is 1. The number of nitrogens with zero attached hydrogens (tertiary/aromatic N) is 2. The molecule has 6 aromatic carbocycles. The van der Waals surface area contributed by atoms with Crippen molar-refractivity contribution in [1.29, 1.82) is 0 Å². The molecule has 0 aliphatic heterocycles. The van der Waals surface area contributed by atoms with Gasteiger partial charge < -0.3 is 14.8 Å². The summed E-state index contributed by atoms with van der Waals surface area (Å²) in [5, 5.41) is 17.0. The summed E-state index contributed by atoms with van der Waals surface area (Å²) in [5.41, 5.74) is 2.62. The SMILES string of the molecule is COc1ccc2c(c1)c(CC(=O)N[C@@H](Cc1ccc(OCc3cccc4ccccc34)cc1)C(=O)NS(=O)(=O)c1ccc(Cl)c([N+](=O)[O-])c1)c(C)n2C(=O)c1ccc(Cl)cc1. The van der Waals surface area contributed by atoms with E-state index < -0.39 is 43.4 Å². The Hall–Kier alpha value is -6.74. The molecule has 2 amide bonds. The number of hydrogen-bond donors (Lipinski definition) is 2. The average Bonchev–Trinajstić information content (AvgIpc) is 3.51. The van der Waals surface area contributed by atoms with Crippen LogP contribution in [0.4, 0.5) is 5.69 Å². The van der Waals surface area contributed by atoms with Crippen LogP contribution >= 0.6 is 23.2 Å². The molecule has 0 bridgehead atoms. The van der Waals surface area contributed by atoms with E-state index >= 15 is 0 Å². The molecule has 1 heterocycles. The zero-order valence-electron chi connectivity index (χ0n) is 32.6. The molecule has 0 saturated heterocycles. The predicted molar refractivity (Wildman–Crippen MR) is 232 cm³/mol. The highest BCUT2D eigenvalue weighted by Gasteiger charge is 2.30. The lowest BCUT2D eigenvalue weighted by Crippen LogP contribution is -2.50. The van der Waals surface area contributed by atoms with Gasteiger partial charge in [-0.2, -0.15) is 0 Å². The van der Waals surface area contributed by atoms with Crippen LogP contribution in [0, 0.1) is 17.0 Å². The minimum absolute atomic E-state index is 0.166. The van der Waals surface area contributed by atoms with Gasteiger partial charge in [-0.05, 0) is 101 Å². The Labute approximate surface area is 360 Å². The first-order valence-electron chi connectivity index (χ1n) is 18.7. The largest absolute Gasteiger partial charge is 0.497 e. The fourth-order valence-corrected chi connectivity index (χ4v) is 8.36. The van der Waals surface area contributed by atoms with Gasteiger partial charge in [0.25, 0.3) is 27.5 Å². The molecule has 61 heavy (non-hydrogen) atoms. The number of nitro benzene ring substituents is 1. The first-order valence-corrected chi connectivity index (χ1v) is 20.9. The van der Waals surface area contributed by atoms with Crippen molar-refractivity contribution in [3.8, 4) is 11.5 Å². The number of fused-ring (bicyclic) bond motifs is 2. The van der Waals surface area contributed by atoms with Crippen LogP contribution in [-0.2, 0) is 39.1 Å². The van der Waals surface area contributed by atoms with E-state index in [9.17, 15) is 32.9 Å². The lowest BCUT2D eigenvalue weighted by molar-refractivity contribution is -0.384. The molecular weight excluding hydrogens is 843 g/mol. The molecule has 1 aromatic heterocycles. The van der Waals surface area contributed by atoms with E-state index in [1.165, 1.54) is 11.7 Å². The molecule has 13 nitrogen and oxygen atoms in total. The topological polar surface area (TPSA) is 176 Å². The van der Waals surface area contributed by atoms with E-state index in [2.05, 4.69) is 5.32 Å². The maximum atomic E-state index is 14.0. The van der Waals surface area contributed by atoms with Gasteiger partial charge in [-0.25, -0.2) is 13.1 Å². The van der Waals surface area contributed by atoms with E-state index in [0.29, 0.717) is 49.8 Å². The number of methoxy groups -OCH3 is 1. The summed E-state index contributed by atoms with van der Waals surface area (Å²) in [6.45, 7) is 1.98. The maximum absolute atomic E-state index is 14.0. The molecule has 0 saturated carbocycles. The summed E-state index contributed by atoms with van der Waals surface area (Å²) in [6, 6.07) is 33.5. The summed E-state index contributed by atoms with van der Waals surface area (Å²) in [6.07, 6.45) is -0.488. The number of amides is 2. The highest BCUT2D eigenvalue weighted by Crippen LogP contribution is 2.32. The Kier molecular flexibility index (Phi) is 12.4. The molecular formula is C45H36Cl2N4O9S. The molecule has 0 spiro atoms. The predicted octanol–water partition coefficient (Wildman–Crippen LogP) is 8.37. The van der Waals surface area contributed by atoms with Gasteiger partial charge >= 0.3 is 0 Å². The monoisotopic (exact) mass is 878 g/mol. The lowest BCUT2D eigenvalue weighted by atomic mass is 10.0. The van der Waals surface area contributed by atoms with Crippen molar-refractivity contribution < 1.29 is 37.2 Å². The average molecular weight is 880 g/mol. The third-order valence-corrected chi connectivity index (χ3v) is 12.0. The van der Waals surface area contributed by atoms with Crippen molar-refractivity contribution >= 4 is 78.3 Å². The van der Waals surface area contributed by atoms with Crippen LogP contribution < -0.4 is 19.5 Å². The van der Waals surface area contributed by atoms with Crippen LogP contribution in [0.25, 0.3) is 21.7 Å². The van der Waals surface area contributed by atoms with Crippen LogP contribution in [0.15, 0.2) is 132 Å². The number of sulfonamides is 1. The fraction of sp³-hybridized carbons (Fsp3) is 0.133. The molecule has 1 atom stereocenters. The number of ether oxygens (including phenoxy) is 2. The van der Waals surface area contributed by atoms with Crippen LogP contribution in [0.2, 0.25) is 10.0 Å². The zero-order chi connectivity index (χ0) is 43.4. The van der Waals surface area contributed by atoms with Gasteiger partial charge in [-0.15, -0.1) is 0 Å². The summed E-state index contributed by atoms with van der Waals surface area (Å²) < 4.78 is 41.9. The van der Waals surface area contributed by atoms with Crippen LogP contribution in [-0.4, -0.2) is 48.8 Å².